The summed E-state index contributed by atoms with van der Waals surface area (Å²) >= 11 is 0. The minimum atomic E-state index is -0.722. The van der Waals surface area contributed by atoms with E-state index in [-0.39, 0.29) is 5.41 Å². The first-order valence-electron chi connectivity index (χ1n) is 11.2. The fraction of sp³-hybridized carbons (Fsp3) is 0.481. The Morgan fingerprint density at radius 3 is 2.69 bits per heavy atom. The van der Waals surface area contributed by atoms with Crippen LogP contribution >= 0.6 is 0 Å². The van der Waals surface area contributed by atoms with E-state index in [4.69, 9.17) is 0 Å². The molecule has 0 heterocycles. The molecule has 0 bridgehead atoms. The summed E-state index contributed by atoms with van der Waals surface area (Å²) in [7, 11) is 0. The van der Waals surface area contributed by atoms with Gasteiger partial charge in [-0.3, -0.25) is 0 Å². The van der Waals surface area contributed by atoms with Gasteiger partial charge in [-0.25, -0.2) is 0 Å². The Bertz CT molecular complexity index is 961. The lowest BCUT2D eigenvalue weighted by molar-refractivity contribution is -0.0705. The van der Waals surface area contributed by atoms with Crippen LogP contribution in [0, 0.1) is 24.2 Å². The Kier molecular flexibility index (Phi) is 4.40. The fourth-order valence-electron chi connectivity index (χ4n) is 6.90. The molecule has 2 saturated carbocycles. The summed E-state index contributed by atoms with van der Waals surface area (Å²) in [5.41, 5.74) is 4.47. The third-order valence-electron chi connectivity index (χ3n) is 8.65. The molecule has 2 nitrogen and oxygen atoms in total. The Balaban J connectivity index is 1.44. The van der Waals surface area contributed by atoms with Gasteiger partial charge >= 0.3 is 0 Å². The molecular formula is C27H32O2. The number of fused-ring (bicyclic) bond motifs is 5. The molecule has 0 amide bonds. The standard InChI is InChI=1S/C27H32O2/c1-18-5-3-4-6-19(18)11-15-27(29)16-13-25-24-9-7-20-17-21(28)8-10-22(20)23(24)12-14-26(25,27)2/h3-6,8,10-11,15,17,23-25,28-29H,7,9,12-14,16H2,1-2H3/b15-11+/t23-,24-,25+,26+,27+/m1/s1. The molecule has 5 atom stereocenters. The van der Waals surface area contributed by atoms with E-state index >= 15 is 0 Å². The van der Waals surface area contributed by atoms with Gasteiger partial charge in [-0.15, -0.1) is 0 Å². The molecule has 2 aromatic carbocycles. The first-order valence-corrected chi connectivity index (χ1v) is 11.2. The molecule has 5 rings (SSSR count). The Morgan fingerprint density at radius 1 is 1.03 bits per heavy atom. The molecule has 2 N–H and O–H groups in total. The first kappa shape index (κ1) is 18.9. The highest BCUT2D eigenvalue weighted by atomic mass is 16.3. The number of rotatable bonds is 2. The Labute approximate surface area is 174 Å². The molecule has 0 radical (unpaired) electrons. The second-order valence-corrected chi connectivity index (χ2v) is 9.91. The van der Waals surface area contributed by atoms with Crippen molar-refractivity contribution in [2.75, 3.05) is 0 Å². The molecule has 3 aliphatic rings. The van der Waals surface area contributed by atoms with Gasteiger partial charge in [-0.1, -0.05) is 49.4 Å². The predicted octanol–water partition coefficient (Wildman–Crippen LogP) is 6.00. The minimum absolute atomic E-state index is 0.0538. The maximum Gasteiger partial charge on any atom is 0.115 e. The van der Waals surface area contributed by atoms with E-state index in [2.05, 4.69) is 56.3 Å². The van der Waals surface area contributed by atoms with Crippen molar-refractivity contribution < 1.29 is 10.2 Å². The maximum absolute atomic E-state index is 11.8. The Morgan fingerprint density at radius 2 is 1.86 bits per heavy atom. The van der Waals surface area contributed by atoms with Gasteiger partial charge in [0.1, 0.15) is 5.75 Å². The van der Waals surface area contributed by atoms with Crippen LogP contribution in [0.1, 0.15) is 67.2 Å². The summed E-state index contributed by atoms with van der Waals surface area (Å²) < 4.78 is 0. The minimum Gasteiger partial charge on any atom is -0.508 e. The average molecular weight is 389 g/mol. The van der Waals surface area contributed by atoms with Crippen LogP contribution in [0.2, 0.25) is 0 Å². The van der Waals surface area contributed by atoms with E-state index in [1.165, 1.54) is 28.7 Å². The van der Waals surface area contributed by atoms with E-state index in [0.29, 0.717) is 23.5 Å². The maximum atomic E-state index is 11.8. The highest BCUT2D eigenvalue weighted by molar-refractivity contribution is 5.55. The van der Waals surface area contributed by atoms with E-state index in [1.54, 1.807) is 0 Å². The molecule has 0 spiro atoms. The SMILES string of the molecule is Cc1ccccc1/C=C/[C@]1(O)CC[C@H]2[C@@H]3CCc4cc(O)ccc4[C@H]3CC[C@@]21C. The van der Waals surface area contributed by atoms with Crippen molar-refractivity contribution in [1.82, 2.24) is 0 Å². The zero-order valence-electron chi connectivity index (χ0n) is 17.6. The number of benzene rings is 2. The number of hydrogen-bond donors (Lipinski definition) is 2. The van der Waals surface area contributed by atoms with Crippen molar-refractivity contribution in [2.45, 2.75) is 63.9 Å². The van der Waals surface area contributed by atoms with Crippen LogP contribution in [0.5, 0.6) is 5.75 Å². The molecule has 3 aliphatic carbocycles. The van der Waals surface area contributed by atoms with Gasteiger partial charge in [0.15, 0.2) is 0 Å². The molecule has 0 aromatic heterocycles. The summed E-state index contributed by atoms with van der Waals surface area (Å²) in [6, 6.07) is 14.4. The number of phenols is 1. The van der Waals surface area contributed by atoms with E-state index in [1.807, 2.05) is 12.1 Å². The van der Waals surface area contributed by atoms with E-state index in [0.717, 1.165) is 32.1 Å². The highest BCUT2D eigenvalue weighted by Crippen LogP contribution is 2.64. The molecule has 29 heavy (non-hydrogen) atoms. The number of phenolic OH excluding ortho intramolecular Hbond substituents is 1. The summed E-state index contributed by atoms with van der Waals surface area (Å²) in [6.07, 6.45) is 10.7. The van der Waals surface area contributed by atoms with Crippen molar-refractivity contribution in [3.63, 3.8) is 0 Å². The van der Waals surface area contributed by atoms with Gasteiger partial charge in [0.2, 0.25) is 0 Å². The third-order valence-corrected chi connectivity index (χ3v) is 8.65. The first-order chi connectivity index (χ1) is 13.9. The quantitative estimate of drug-likeness (QED) is 0.662. The molecular weight excluding hydrogens is 356 g/mol. The van der Waals surface area contributed by atoms with Crippen molar-refractivity contribution >= 4 is 6.08 Å². The van der Waals surface area contributed by atoms with Crippen molar-refractivity contribution in [3.8, 4) is 5.75 Å². The van der Waals surface area contributed by atoms with Crippen molar-refractivity contribution in [2.24, 2.45) is 17.3 Å². The van der Waals surface area contributed by atoms with Gasteiger partial charge in [-0.2, -0.15) is 0 Å². The van der Waals surface area contributed by atoms with Crippen LogP contribution in [0.3, 0.4) is 0 Å². The Hall–Kier alpha value is -2.06. The number of aromatic hydroxyl groups is 1. The van der Waals surface area contributed by atoms with Crippen LogP contribution in [0.15, 0.2) is 48.5 Å². The lowest BCUT2D eigenvalue weighted by Crippen LogP contribution is -2.49. The monoisotopic (exact) mass is 388 g/mol. The van der Waals surface area contributed by atoms with Crippen LogP contribution < -0.4 is 0 Å². The van der Waals surface area contributed by atoms with Gasteiger partial charge in [0.25, 0.3) is 0 Å². The van der Waals surface area contributed by atoms with Crippen molar-refractivity contribution in [3.05, 3.63) is 70.8 Å². The lowest BCUT2D eigenvalue weighted by atomic mass is 9.53. The highest BCUT2D eigenvalue weighted by Gasteiger charge is 2.60. The van der Waals surface area contributed by atoms with Gasteiger partial charge in [0, 0.05) is 5.41 Å². The summed E-state index contributed by atoms with van der Waals surface area (Å²) in [4.78, 5) is 0. The molecule has 2 aromatic rings. The van der Waals surface area contributed by atoms with Crippen LogP contribution in [-0.4, -0.2) is 15.8 Å². The van der Waals surface area contributed by atoms with Crippen LogP contribution in [-0.2, 0) is 6.42 Å². The molecule has 2 heteroatoms. The fourth-order valence-corrected chi connectivity index (χ4v) is 6.90. The van der Waals surface area contributed by atoms with E-state index < -0.39 is 5.60 Å². The van der Waals surface area contributed by atoms with E-state index in [9.17, 15) is 10.2 Å². The molecule has 0 unspecified atom stereocenters. The summed E-state index contributed by atoms with van der Waals surface area (Å²) in [5, 5.41) is 21.7. The molecule has 0 saturated heterocycles. The second kappa shape index (κ2) is 6.74. The second-order valence-electron chi connectivity index (χ2n) is 9.91. The summed E-state index contributed by atoms with van der Waals surface area (Å²) in [6.45, 7) is 4.47. The zero-order chi connectivity index (χ0) is 20.2. The van der Waals surface area contributed by atoms with Gasteiger partial charge in [-0.05, 0) is 97.6 Å². The molecule has 2 fully saturated rings. The third kappa shape index (κ3) is 2.87. The van der Waals surface area contributed by atoms with Crippen LogP contribution in [0.4, 0.5) is 0 Å². The lowest BCUT2D eigenvalue weighted by Gasteiger charge is -2.52. The van der Waals surface area contributed by atoms with Crippen LogP contribution in [0.25, 0.3) is 6.08 Å². The smallest absolute Gasteiger partial charge is 0.115 e. The topological polar surface area (TPSA) is 40.5 Å². The van der Waals surface area contributed by atoms with Crippen molar-refractivity contribution in [1.29, 1.82) is 0 Å². The van der Waals surface area contributed by atoms with Gasteiger partial charge in [0.05, 0.1) is 5.60 Å². The number of hydrogen-bond acceptors (Lipinski definition) is 2. The number of aliphatic hydroxyl groups is 1. The normalized spacial score (nSPS) is 35.9. The summed E-state index contributed by atoms with van der Waals surface area (Å²) in [5.74, 6) is 2.18. The average Bonchev–Trinajstić information content (AvgIpc) is 2.98. The predicted molar refractivity (Wildman–Crippen MR) is 118 cm³/mol. The zero-order valence-corrected chi connectivity index (χ0v) is 17.6. The number of aryl methyl sites for hydroxylation is 2. The van der Waals surface area contributed by atoms with Gasteiger partial charge < -0.3 is 10.2 Å². The molecule has 0 aliphatic heterocycles. The molecule has 152 valence electrons. The largest absolute Gasteiger partial charge is 0.508 e.